The van der Waals surface area contributed by atoms with E-state index in [2.05, 4.69) is 15.9 Å². The van der Waals surface area contributed by atoms with Crippen molar-refractivity contribution < 1.29 is 9.21 Å². The molecule has 2 aromatic rings. The fourth-order valence-corrected chi connectivity index (χ4v) is 3.51. The third-order valence-electron chi connectivity index (χ3n) is 3.95. The number of nitrogens with zero attached hydrogens (tertiary/aromatic N) is 1. The number of carbonyl (C=O) groups excluding carboxylic acids is 1. The molecule has 1 unspecified atom stereocenters. The monoisotopic (exact) mass is 335 g/mol. The number of amides is 1. The number of hydrogen-bond donors (Lipinski definition) is 0. The van der Waals surface area contributed by atoms with Crippen molar-refractivity contribution in [3.8, 4) is 0 Å². The maximum absolute atomic E-state index is 12.7. The SMILES string of the molecule is O=C(c1cc2ccccc2o1)N1CCCCCC1CBr. The number of fused-ring (bicyclic) bond motifs is 1. The van der Waals surface area contributed by atoms with Gasteiger partial charge >= 0.3 is 0 Å². The second-order valence-corrected chi connectivity index (χ2v) is 5.95. The molecule has 0 radical (unpaired) electrons. The molecule has 106 valence electrons. The molecule has 0 bridgehead atoms. The zero-order chi connectivity index (χ0) is 13.9. The summed E-state index contributed by atoms with van der Waals surface area (Å²) in [6.45, 7) is 0.826. The summed E-state index contributed by atoms with van der Waals surface area (Å²) in [5.41, 5.74) is 0.779. The van der Waals surface area contributed by atoms with E-state index in [9.17, 15) is 4.79 Å². The van der Waals surface area contributed by atoms with Gasteiger partial charge in [-0.15, -0.1) is 0 Å². The van der Waals surface area contributed by atoms with E-state index in [1.54, 1.807) is 0 Å². The topological polar surface area (TPSA) is 33.5 Å². The van der Waals surface area contributed by atoms with Crippen LogP contribution in [0.15, 0.2) is 34.7 Å². The number of alkyl halides is 1. The Morgan fingerprint density at radius 1 is 1.30 bits per heavy atom. The highest BCUT2D eigenvalue weighted by Gasteiger charge is 2.27. The van der Waals surface area contributed by atoms with Crippen LogP contribution in [0.25, 0.3) is 11.0 Å². The lowest BCUT2D eigenvalue weighted by atomic mass is 10.1. The van der Waals surface area contributed by atoms with Crippen LogP contribution in [0.5, 0.6) is 0 Å². The highest BCUT2D eigenvalue weighted by Crippen LogP contribution is 2.24. The maximum atomic E-state index is 12.7. The van der Waals surface area contributed by atoms with Crippen molar-refractivity contribution in [1.82, 2.24) is 4.90 Å². The van der Waals surface area contributed by atoms with Gasteiger partial charge in [0.25, 0.3) is 5.91 Å². The summed E-state index contributed by atoms with van der Waals surface area (Å²) >= 11 is 3.54. The van der Waals surface area contributed by atoms with Crippen LogP contribution < -0.4 is 0 Å². The Kier molecular flexibility index (Phi) is 4.10. The molecule has 20 heavy (non-hydrogen) atoms. The van der Waals surface area contributed by atoms with Crippen molar-refractivity contribution in [3.05, 3.63) is 36.1 Å². The first-order valence-electron chi connectivity index (χ1n) is 7.15. The molecule has 4 heteroatoms. The molecule has 1 aromatic heterocycles. The average molecular weight is 336 g/mol. The lowest BCUT2D eigenvalue weighted by Gasteiger charge is -2.27. The molecular formula is C16H18BrNO2. The molecule has 3 rings (SSSR count). The van der Waals surface area contributed by atoms with Crippen LogP contribution in [0.4, 0.5) is 0 Å². The number of halogens is 1. The predicted octanol–water partition coefficient (Wildman–Crippen LogP) is 4.21. The molecule has 0 saturated carbocycles. The Morgan fingerprint density at radius 3 is 2.95 bits per heavy atom. The Morgan fingerprint density at radius 2 is 2.15 bits per heavy atom. The second-order valence-electron chi connectivity index (χ2n) is 5.30. The number of hydrogen-bond acceptors (Lipinski definition) is 2. The first kappa shape index (κ1) is 13.7. The molecule has 1 amide bonds. The van der Waals surface area contributed by atoms with Gasteiger partial charge in [-0.2, -0.15) is 0 Å². The molecule has 1 saturated heterocycles. The van der Waals surface area contributed by atoms with Crippen molar-refractivity contribution in [2.75, 3.05) is 11.9 Å². The quantitative estimate of drug-likeness (QED) is 0.770. The van der Waals surface area contributed by atoms with Gasteiger partial charge in [0.05, 0.1) is 0 Å². The molecule has 2 heterocycles. The molecule has 1 aliphatic heterocycles. The summed E-state index contributed by atoms with van der Waals surface area (Å²) < 4.78 is 5.71. The number of furan rings is 1. The Hall–Kier alpha value is -1.29. The summed E-state index contributed by atoms with van der Waals surface area (Å²) in [6, 6.07) is 9.88. The normalized spacial score (nSPS) is 20.1. The zero-order valence-electron chi connectivity index (χ0n) is 11.3. The Bertz CT molecular complexity index is 574. The lowest BCUT2D eigenvalue weighted by molar-refractivity contribution is 0.0672. The van der Waals surface area contributed by atoms with E-state index in [-0.39, 0.29) is 11.9 Å². The summed E-state index contributed by atoms with van der Waals surface area (Å²) in [4.78, 5) is 14.7. The van der Waals surface area contributed by atoms with Crippen LogP contribution in [0.2, 0.25) is 0 Å². The van der Waals surface area contributed by atoms with Crippen molar-refractivity contribution >= 4 is 32.8 Å². The summed E-state index contributed by atoms with van der Waals surface area (Å²) in [5, 5.41) is 1.82. The van der Waals surface area contributed by atoms with Crippen LogP contribution in [-0.4, -0.2) is 28.7 Å². The molecule has 1 fully saturated rings. The van der Waals surface area contributed by atoms with Gasteiger partial charge in [0.15, 0.2) is 5.76 Å². The molecule has 1 aliphatic rings. The van der Waals surface area contributed by atoms with Crippen LogP contribution in [-0.2, 0) is 0 Å². The average Bonchev–Trinajstić information content (AvgIpc) is 2.77. The highest BCUT2D eigenvalue weighted by atomic mass is 79.9. The first-order valence-corrected chi connectivity index (χ1v) is 8.27. The fraction of sp³-hybridized carbons (Fsp3) is 0.438. The van der Waals surface area contributed by atoms with Crippen LogP contribution in [0.1, 0.15) is 36.2 Å². The van der Waals surface area contributed by atoms with Gasteiger partial charge in [-0.1, -0.05) is 47.0 Å². The molecule has 0 spiro atoms. The molecule has 0 N–H and O–H groups in total. The number of likely N-dealkylation sites (tertiary alicyclic amines) is 1. The van der Waals surface area contributed by atoms with Gasteiger partial charge in [-0.25, -0.2) is 0 Å². The van der Waals surface area contributed by atoms with Gasteiger partial charge in [-0.3, -0.25) is 4.79 Å². The zero-order valence-corrected chi connectivity index (χ0v) is 12.9. The minimum atomic E-state index is 0.0209. The van der Waals surface area contributed by atoms with Gasteiger partial charge in [0.2, 0.25) is 0 Å². The van der Waals surface area contributed by atoms with Gasteiger partial charge < -0.3 is 9.32 Å². The van der Waals surface area contributed by atoms with Crippen molar-refractivity contribution in [1.29, 1.82) is 0 Å². The number of rotatable bonds is 2. The standard InChI is InChI=1S/C16H18BrNO2/c17-11-13-7-2-1-5-9-18(13)16(19)15-10-12-6-3-4-8-14(12)20-15/h3-4,6,8,10,13H,1-2,5,7,9,11H2. The highest BCUT2D eigenvalue weighted by molar-refractivity contribution is 9.09. The summed E-state index contributed by atoms with van der Waals surface area (Å²) in [7, 11) is 0. The van der Waals surface area contributed by atoms with E-state index in [1.807, 2.05) is 35.2 Å². The Balaban J connectivity index is 1.89. The number of benzene rings is 1. The smallest absolute Gasteiger partial charge is 0.289 e. The third-order valence-corrected chi connectivity index (χ3v) is 4.70. The summed E-state index contributed by atoms with van der Waals surface area (Å²) in [5.74, 6) is 0.478. The van der Waals surface area contributed by atoms with Crippen LogP contribution in [0.3, 0.4) is 0 Å². The summed E-state index contributed by atoms with van der Waals surface area (Å²) in [6.07, 6.45) is 4.54. The maximum Gasteiger partial charge on any atom is 0.289 e. The molecule has 1 atom stereocenters. The van der Waals surface area contributed by atoms with Gasteiger partial charge in [0.1, 0.15) is 5.58 Å². The van der Waals surface area contributed by atoms with E-state index in [0.717, 1.165) is 35.7 Å². The van der Waals surface area contributed by atoms with E-state index in [0.29, 0.717) is 5.76 Å². The molecular weight excluding hydrogens is 318 g/mol. The minimum Gasteiger partial charge on any atom is -0.451 e. The minimum absolute atomic E-state index is 0.0209. The van der Waals surface area contributed by atoms with E-state index in [4.69, 9.17) is 4.42 Å². The van der Waals surface area contributed by atoms with Gasteiger partial charge in [0, 0.05) is 23.3 Å². The largest absolute Gasteiger partial charge is 0.451 e. The van der Waals surface area contributed by atoms with Gasteiger partial charge in [-0.05, 0) is 25.0 Å². The molecule has 3 nitrogen and oxygen atoms in total. The van der Waals surface area contributed by atoms with Crippen LogP contribution >= 0.6 is 15.9 Å². The third kappa shape index (κ3) is 2.62. The van der Waals surface area contributed by atoms with Crippen molar-refractivity contribution in [2.24, 2.45) is 0 Å². The van der Waals surface area contributed by atoms with E-state index < -0.39 is 0 Å². The fourth-order valence-electron chi connectivity index (χ4n) is 2.83. The molecule has 1 aromatic carbocycles. The van der Waals surface area contributed by atoms with Crippen molar-refractivity contribution in [2.45, 2.75) is 31.7 Å². The number of carbonyl (C=O) groups is 1. The van der Waals surface area contributed by atoms with Crippen molar-refractivity contribution in [3.63, 3.8) is 0 Å². The predicted molar refractivity (Wildman–Crippen MR) is 83.3 cm³/mol. The first-order chi connectivity index (χ1) is 9.79. The Labute approximate surface area is 127 Å². The van der Waals surface area contributed by atoms with Crippen LogP contribution in [0, 0.1) is 0 Å². The number of para-hydroxylation sites is 1. The van der Waals surface area contributed by atoms with E-state index in [1.165, 1.54) is 12.8 Å². The lowest BCUT2D eigenvalue weighted by Crippen LogP contribution is -2.40. The van der Waals surface area contributed by atoms with E-state index >= 15 is 0 Å². The molecule has 0 aliphatic carbocycles. The second kappa shape index (κ2) is 6.00.